The summed E-state index contributed by atoms with van der Waals surface area (Å²) in [5.74, 6) is 0.803. The second-order valence-electron chi connectivity index (χ2n) is 6.64. The second-order valence-corrected chi connectivity index (χ2v) is 9.15. The van der Waals surface area contributed by atoms with Crippen LogP contribution in [0.15, 0.2) is 35.2 Å². The van der Waals surface area contributed by atoms with Gasteiger partial charge in [0.1, 0.15) is 33.0 Å². The average molecular weight is 455 g/mol. The van der Waals surface area contributed by atoms with Crippen LogP contribution in [0.25, 0.3) is 0 Å². The largest absolute Gasteiger partial charge is 0.486 e. The molecule has 2 aromatic carbocycles. The van der Waals surface area contributed by atoms with Gasteiger partial charge in [0, 0.05) is 6.07 Å². The van der Waals surface area contributed by atoms with E-state index in [0.29, 0.717) is 60.0 Å². The molecule has 0 N–H and O–H groups in total. The number of halogens is 1. The Labute approximate surface area is 178 Å². The van der Waals surface area contributed by atoms with Gasteiger partial charge >= 0.3 is 5.97 Å². The molecule has 0 saturated carbocycles. The van der Waals surface area contributed by atoms with Crippen LogP contribution in [0.2, 0.25) is 5.02 Å². The molecule has 0 unspecified atom stereocenters. The third kappa shape index (κ3) is 4.57. The van der Waals surface area contributed by atoms with Crippen LogP contribution in [0.5, 0.6) is 23.0 Å². The van der Waals surface area contributed by atoms with Crippen LogP contribution < -0.4 is 18.9 Å². The first-order valence-electron chi connectivity index (χ1n) is 9.28. The summed E-state index contributed by atoms with van der Waals surface area (Å²) in [6.07, 6.45) is -0.283. The minimum Gasteiger partial charge on any atom is -0.486 e. The van der Waals surface area contributed by atoms with Crippen LogP contribution >= 0.6 is 11.6 Å². The van der Waals surface area contributed by atoms with E-state index in [4.69, 9.17) is 35.3 Å². The van der Waals surface area contributed by atoms with Gasteiger partial charge in [-0.2, -0.15) is 0 Å². The third-order valence-corrected chi connectivity index (χ3v) is 6.50. The standard InChI is InChI=1S/C20H19ClO8S/c21-15-9-13(10-18-20(15)28-7-6-27-18)12-29-19(22)3-8-30(23,24)14-1-2-16-17(11-14)26-5-4-25-16/h1-2,9-11H,3-8,12H2. The fraction of sp³-hybridized carbons (Fsp3) is 0.350. The van der Waals surface area contributed by atoms with Crippen molar-refractivity contribution in [3.8, 4) is 23.0 Å². The summed E-state index contributed by atoms with van der Waals surface area (Å²) in [6.45, 7) is 1.54. The number of sulfone groups is 1. The molecule has 2 heterocycles. The highest BCUT2D eigenvalue weighted by Gasteiger charge is 2.22. The van der Waals surface area contributed by atoms with E-state index in [1.165, 1.54) is 12.1 Å². The molecule has 0 radical (unpaired) electrons. The van der Waals surface area contributed by atoms with Crippen LogP contribution in [0, 0.1) is 0 Å². The summed E-state index contributed by atoms with van der Waals surface area (Å²) in [7, 11) is -3.68. The lowest BCUT2D eigenvalue weighted by molar-refractivity contribution is -0.144. The highest BCUT2D eigenvalue weighted by molar-refractivity contribution is 7.91. The number of carbonyl (C=O) groups is 1. The van der Waals surface area contributed by atoms with E-state index < -0.39 is 15.8 Å². The van der Waals surface area contributed by atoms with Crippen molar-refractivity contribution in [3.05, 3.63) is 40.9 Å². The van der Waals surface area contributed by atoms with Crippen molar-refractivity contribution in [2.75, 3.05) is 32.2 Å². The zero-order valence-electron chi connectivity index (χ0n) is 15.9. The number of carbonyl (C=O) groups excluding carboxylic acids is 1. The Bertz CT molecular complexity index is 1070. The molecule has 8 nitrogen and oxygen atoms in total. The van der Waals surface area contributed by atoms with Gasteiger partial charge in [0.25, 0.3) is 0 Å². The molecule has 160 valence electrons. The summed E-state index contributed by atoms with van der Waals surface area (Å²) >= 11 is 6.16. The van der Waals surface area contributed by atoms with Gasteiger partial charge in [-0.1, -0.05) is 11.6 Å². The molecule has 0 aromatic heterocycles. The number of esters is 1. The molecular formula is C20H19ClO8S. The SMILES string of the molecule is O=C(CCS(=O)(=O)c1ccc2c(c1)OCCO2)OCc1cc(Cl)c2c(c1)OCCO2. The first kappa shape index (κ1) is 20.6. The lowest BCUT2D eigenvalue weighted by Crippen LogP contribution is -2.17. The van der Waals surface area contributed by atoms with E-state index in [1.807, 2.05) is 0 Å². The van der Waals surface area contributed by atoms with Crippen LogP contribution in [-0.2, 0) is 26.0 Å². The lowest BCUT2D eigenvalue weighted by Gasteiger charge is -2.20. The Balaban J connectivity index is 1.34. The van der Waals surface area contributed by atoms with Gasteiger partial charge in [0.2, 0.25) is 0 Å². The van der Waals surface area contributed by atoms with E-state index in [2.05, 4.69) is 0 Å². The van der Waals surface area contributed by atoms with E-state index in [1.54, 1.807) is 18.2 Å². The summed E-state index contributed by atoms with van der Waals surface area (Å²) in [5.41, 5.74) is 0.618. The predicted molar refractivity (Wildman–Crippen MR) is 106 cm³/mol. The first-order chi connectivity index (χ1) is 14.4. The maximum atomic E-state index is 12.5. The van der Waals surface area contributed by atoms with Crippen molar-refractivity contribution in [1.29, 1.82) is 0 Å². The smallest absolute Gasteiger partial charge is 0.307 e. The molecule has 30 heavy (non-hydrogen) atoms. The number of hydrogen-bond donors (Lipinski definition) is 0. The molecular weight excluding hydrogens is 436 g/mol. The Hall–Kier alpha value is -2.65. The fourth-order valence-electron chi connectivity index (χ4n) is 3.04. The fourth-order valence-corrected chi connectivity index (χ4v) is 4.56. The van der Waals surface area contributed by atoms with Gasteiger partial charge in [-0.15, -0.1) is 0 Å². The lowest BCUT2D eigenvalue weighted by atomic mass is 10.2. The zero-order valence-corrected chi connectivity index (χ0v) is 17.5. The topological polar surface area (TPSA) is 97.4 Å². The van der Waals surface area contributed by atoms with Gasteiger partial charge in [-0.05, 0) is 29.8 Å². The molecule has 0 atom stereocenters. The van der Waals surface area contributed by atoms with Gasteiger partial charge in [-0.25, -0.2) is 8.42 Å². The third-order valence-electron chi connectivity index (χ3n) is 4.50. The van der Waals surface area contributed by atoms with Crippen molar-refractivity contribution in [2.24, 2.45) is 0 Å². The summed E-state index contributed by atoms with van der Waals surface area (Å²) in [4.78, 5) is 12.1. The highest BCUT2D eigenvalue weighted by Crippen LogP contribution is 2.38. The Morgan fingerprint density at radius 3 is 2.43 bits per heavy atom. The molecule has 2 aliphatic heterocycles. The summed E-state index contributed by atoms with van der Waals surface area (Å²) in [5, 5.41) is 0.361. The molecule has 0 spiro atoms. The number of benzene rings is 2. The van der Waals surface area contributed by atoms with Crippen molar-refractivity contribution in [1.82, 2.24) is 0 Å². The molecule has 2 aliphatic rings. The molecule has 0 saturated heterocycles. The van der Waals surface area contributed by atoms with E-state index in [0.717, 1.165) is 0 Å². The number of ether oxygens (including phenoxy) is 5. The molecule has 0 aliphatic carbocycles. The highest BCUT2D eigenvalue weighted by atomic mass is 35.5. The molecule has 0 fully saturated rings. The van der Waals surface area contributed by atoms with Gasteiger partial charge in [0.05, 0.1) is 22.1 Å². The molecule has 0 bridgehead atoms. The van der Waals surface area contributed by atoms with Crippen molar-refractivity contribution >= 4 is 27.4 Å². The van der Waals surface area contributed by atoms with E-state index in [9.17, 15) is 13.2 Å². The Morgan fingerprint density at radius 2 is 1.63 bits per heavy atom. The molecule has 2 aromatic rings. The minimum atomic E-state index is -3.68. The van der Waals surface area contributed by atoms with Crippen LogP contribution in [0.4, 0.5) is 0 Å². The minimum absolute atomic E-state index is 0.0563. The van der Waals surface area contributed by atoms with Gasteiger partial charge < -0.3 is 23.7 Å². The monoisotopic (exact) mass is 454 g/mol. The Morgan fingerprint density at radius 1 is 0.933 bits per heavy atom. The van der Waals surface area contributed by atoms with Crippen LogP contribution in [0.3, 0.4) is 0 Å². The maximum Gasteiger partial charge on any atom is 0.307 e. The first-order valence-corrected chi connectivity index (χ1v) is 11.3. The van der Waals surface area contributed by atoms with Crippen molar-refractivity contribution in [3.63, 3.8) is 0 Å². The maximum absolute atomic E-state index is 12.5. The van der Waals surface area contributed by atoms with Crippen LogP contribution in [0.1, 0.15) is 12.0 Å². The second kappa shape index (κ2) is 8.61. The predicted octanol–water partition coefficient (Wildman–Crippen LogP) is 2.79. The zero-order chi connectivity index (χ0) is 21.1. The van der Waals surface area contributed by atoms with E-state index >= 15 is 0 Å². The summed E-state index contributed by atoms with van der Waals surface area (Å²) < 4.78 is 52.0. The summed E-state index contributed by atoms with van der Waals surface area (Å²) in [6, 6.07) is 7.69. The van der Waals surface area contributed by atoms with E-state index in [-0.39, 0.29) is 23.7 Å². The van der Waals surface area contributed by atoms with Crippen molar-refractivity contribution in [2.45, 2.75) is 17.9 Å². The molecule has 10 heteroatoms. The number of fused-ring (bicyclic) bond motifs is 2. The number of hydrogen-bond acceptors (Lipinski definition) is 8. The van der Waals surface area contributed by atoms with Crippen LogP contribution in [-0.4, -0.2) is 46.6 Å². The quantitative estimate of drug-likeness (QED) is 0.614. The Kier molecular flexibility index (Phi) is 5.92. The number of rotatable bonds is 6. The molecule has 0 amide bonds. The van der Waals surface area contributed by atoms with Crippen molar-refractivity contribution < 1.29 is 36.9 Å². The van der Waals surface area contributed by atoms with Gasteiger partial charge in [-0.3, -0.25) is 4.79 Å². The molecule has 4 rings (SSSR count). The normalized spacial score (nSPS) is 14.8. The van der Waals surface area contributed by atoms with Gasteiger partial charge in [0.15, 0.2) is 32.8 Å². The average Bonchev–Trinajstić information content (AvgIpc) is 2.76.